The van der Waals surface area contributed by atoms with Crippen molar-refractivity contribution in [2.75, 3.05) is 6.61 Å². The van der Waals surface area contributed by atoms with Crippen LogP contribution in [0.15, 0.2) is 24.3 Å². The van der Waals surface area contributed by atoms with Gasteiger partial charge >= 0.3 is 5.97 Å². The summed E-state index contributed by atoms with van der Waals surface area (Å²) >= 11 is 0. The Hall–Kier alpha value is -1.55. The molecular formula is C15H22O4. The molecule has 0 amide bonds. The minimum Gasteiger partial charge on any atom is -0.491 e. The van der Waals surface area contributed by atoms with Gasteiger partial charge in [-0.1, -0.05) is 19.8 Å². The molecule has 0 fully saturated rings. The average molecular weight is 266 g/mol. The summed E-state index contributed by atoms with van der Waals surface area (Å²) in [5.41, 5.74) is 0.451. The van der Waals surface area contributed by atoms with Crippen molar-refractivity contribution in [3.63, 3.8) is 0 Å². The topological polar surface area (TPSA) is 44.8 Å². The molecule has 4 heteroatoms. The number of rotatable bonds is 8. The van der Waals surface area contributed by atoms with Crippen LogP contribution in [0, 0.1) is 0 Å². The molecule has 0 aliphatic carbocycles. The summed E-state index contributed by atoms with van der Waals surface area (Å²) < 4.78 is 5.49. The summed E-state index contributed by atoms with van der Waals surface area (Å²) in [5.74, 6) is 0.253. The number of hydrogen-bond donors (Lipinski definition) is 0. The lowest BCUT2D eigenvalue weighted by atomic mass is 10.2. The second-order valence-corrected chi connectivity index (χ2v) is 4.59. The maximum atomic E-state index is 11.6. The van der Waals surface area contributed by atoms with Gasteiger partial charge in [-0.3, -0.25) is 4.89 Å². The molecule has 0 heterocycles. The van der Waals surface area contributed by atoms with Crippen molar-refractivity contribution in [1.82, 2.24) is 0 Å². The van der Waals surface area contributed by atoms with Crippen LogP contribution < -0.4 is 4.74 Å². The van der Waals surface area contributed by atoms with Gasteiger partial charge in [0.25, 0.3) is 0 Å². The minimum atomic E-state index is -0.479. The molecule has 0 radical (unpaired) electrons. The highest BCUT2D eigenvalue weighted by atomic mass is 17.2. The molecule has 1 aromatic carbocycles. The van der Waals surface area contributed by atoms with E-state index >= 15 is 0 Å². The molecule has 0 spiro atoms. The number of carbonyl (C=O) groups is 1. The van der Waals surface area contributed by atoms with Gasteiger partial charge in [0.05, 0.1) is 18.3 Å². The van der Waals surface area contributed by atoms with Gasteiger partial charge in [0, 0.05) is 0 Å². The van der Waals surface area contributed by atoms with Crippen LogP contribution in [0.25, 0.3) is 0 Å². The van der Waals surface area contributed by atoms with Gasteiger partial charge in [0.15, 0.2) is 0 Å². The van der Waals surface area contributed by atoms with Crippen molar-refractivity contribution >= 4 is 5.97 Å². The van der Waals surface area contributed by atoms with E-state index in [9.17, 15) is 4.79 Å². The van der Waals surface area contributed by atoms with E-state index in [1.54, 1.807) is 24.3 Å². The Morgan fingerprint density at radius 2 is 1.84 bits per heavy atom. The zero-order chi connectivity index (χ0) is 14.1. The third-order valence-corrected chi connectivity index (χ3v) is 2.43. The molecule has 0 unspecified atom stereocenters. The van der Waals surface area contributed by atoms with Crippen LogP contribution in [0.2, 0.25) is 0 Å². The SMILES string of the molecule is CCCCCOOC(=O)c1ccc(OC(C)C)cc1. The second kappa shape index (κ2) is 8.53. The van der Waals surface area contributed by atoms with Gasteiger partial charge in [-0.25, -0.2) is 4.79 Å². The summed E-state index contributed by atoms with van der Waals surface area (Å²) in [7, 11) is 0. The Bertz CT molecular complexity index is 370. The number of ether oxygens (including phenoxy) is 1. The predicted molar refractivity (Wildman–Crippen MR) is 73.1 cm³/mol. The smallest absolute Gasteiger partial charge is 0.373 e. The maximum Gasteiger partial charge on any atom is 0.373 e. The van der Waals surface area contributed by atoms with E-state index < -0.39 is 5.97 Å². The first-order valence-corrected chi connectivity index (χ1v) is 6.74. The lowest BCUT2D eigenvalue weighted by molar-refractivity contribution is -0.241. The van der Waals surface area contributed by atoms with Crippen LogP contribution >= 0.6 is 0 Å². The zero-order valence-corrected chi connectivity index (χ0v) is 11.8. The first-order valence-electron chi connectivity index (χ1n) is 6.74. The van der Waals surface area contributed by atoms with Gasteiger partial charge in [0.2, 0.25) is 0 Å². The summed E-state index contributed by atoms with van der Waals surface area (Å²) in [6.45, 7) is 6.44. The van der Waals surface area contributed by atoms with Crippen molar-refractivity contribution in [1.29, 1.82) is 0 Å². The fraction of sp³-hybridized carbons (Fsp3) is 0.533. The second-order valence-electron chi connectivity index (χ2n) is 4.59. The fourth-order valence-corrected chi connectivity index (χ4v) is 1.50. The van der Waals surface area contributed by atoms with Crippen LogP contribution in [-0.4, -0.2) is 18.7 Å². The molecule has 0 aliphatic heterocycles. The van der Waals surface area contributed by atoms with Gasteiger partial charge in [-0.15, -0.1) is 0 Å². The average Bonchev–Trinajstić information content (AvgIpc) is 2.38. The Balaban J connectivity index is 2.36. The van der Waals surface area contributed by atoms with Crippen LogP contribution in [-0.2, 0) is 9.78 Å². The molecule has 0 saturated carbocycles. The molecule has 0 saturated heterocycles. The van der Waals surface area contributed by atoms with E-state index in [-0.39, 0.29) is 6.10 Å². The normalized spacial score (nSPS) is 10.5. The van der Waals surface area contributed by atoms with E-state index in [1.165, 1.54) is 0 Å². The van der Waals surface area contributed by atoms with Gasteiger partial charge in [-0.05, 0) is 44.5 Å². The predicted octanol–water partition coefficient (Wildman–Crippen LogP) is 3.75. The number of unbranched alkanes of at least 4 members (excludes halogenated alkanes) is 2. The molecular weight excluding hydrogens is 244 g/mol. The van der Waals surface area contributed by atoms with Crippen molar-refractivity contribution in [3.05, 3.63) is 29.8 Å². The third-order valence-electron chi connectivity index (χ3n) is 2.43. The summed E-state index contributed by atoms with van der Waals surface area (Å²) in [6.07, 6.45) is 3.18. The zero-order valence-electron chi connectivity index (χ0n) is 11.8. The fourth-order valence-electron chi connectivity index (χ4n) is 1.50. The number of carbonyl (C=O) groups excluding carboxylic acids is 1. The van der Waals surface area contributed by atoms with Crippen molar-refractivity contribution < 1.29 is 19.3 Å². The lowest BCUT2D eigenvalue weighted by Crippen LogP contribution is -2.08. The molecule has 0 bridgehead atoms. The maximum absolute atomic E-state index is 11.6. The molecule has 0 N–H and O–H groups in total. The van der Waals surface area contributed by atoms with E-state index in [1.807, 2.05) is 13.8 Å². The quantitative estimate of drug-likeness (QED) is 0.408. The number of hydrogen-bond acceptors (Lipinski definition) is 4. The van der Waals surface area contributed by atoms with E-state index in [2.05, 4.69) is 6.92 Å². The van der Waals surface area contributed by atoms with Gasteiger partial charge in [0.1, 0.15) is 5.75 Å². The number of benzene rings is 1. The van der Waals surface area contributed by atoms with Crippen LogP contribution in [0.5, 0.6) is 5.75 Å². The Morgan fingerprint density at radius 1 is 1.16 bits per heavy atom. The lowest BCUT2D eigenvalue weighted by Gasteiger charge is -2.09. The van der Waals surface area contributed by atoms with Crippen molar-refractivity contribution in [2.45, 2.75) is 46.1 Å². The first kappa shape index (κ1) is 15.5. The largest absolute Gasteiger partial charge is 0.491 e. The molecule has 0 aliphatic rings. The Labute approximate surface area is 114 Å². The van der Waals surface area contributed by atoms with Gasteiger partial charge in [-0.2, -0.15) is 4.89 Å². The van der Waals surface area contributed by atoms with Gasteiger partial charge < -0.3 is 4.74 Å². The van der Waals surface area contributed by atoms with E-state index in [0.717, 1.165) is 25.0 Å². The molecule has 4 nitrogen and oxygen atoms in total. The monoisotopic (exact) mass is 266 g/mol. The molecule has 1 aromatic rings. The highest BCUT2D eigenvalue weighted by molar-refractivity contribution is 5.89. The highest BCUT2D eigenvalue weighted by Gasteiger charge is 2.08. The molecule has 1 rings (SSSR count). The summed E-state index contributed by atoms with van der Waals surface area (Å²) in [4.78, 5) is 21.2. The van der Waals surface area contributed by atoms with Crippen LogP contribution in [0.1, 0.15) is 50.4 Å². The van der Waals surface area contributed by atoms with Crippen molar-refractivity contribution in [2.24, 2.45) is 0 Å². The van der Waals surface area contributed by atoms with E-state index in [4.69, 9.17) is 14.5 Å². The van der Waals surface area contributed by atoms with E-state index in [0.29, 0.717) is 12.2 Å². The van der Waals surface area contributed by atoms with Crippen molar-refractivity contribution in [3.8, 4) is 5.75 Å². The molecule has 0 atom stereocenters. The molecule has 19 heavy (non-hydrogen) atoms. The first-order chi connectivity index (χ1) is 9.13. The Kier molecular flexibility index (Phi) is 6.97. The molecule has 106 valence electrons. The standard InChI is InChI=1S/C15H22O4/c1-4-5-6-11-17-19-15(16)13-7-9-14(10-8-13)18-12(2)3/h7-10,12H,4-6,11H2,1-3H3. The highest BCUT2D eigenvalue weighted by Crippen LogP contribution is 2.14. The van der Waals surface area contributed by atoms with Crippen LogP contribution in [0.3, 0.4) is 0 Å². The summed E-state index contributed by atoms with van der Waals surface area (Å²) in [5, 5.41) is 0. The minimum absolute atomic E-state index is 0.111. The van der Waals surface area contributed by atoms with Crippen LogP contribution in [0.4, 0.5) is 0 Å². The Morgan fingerprint density at radius 3 is 2.42 bits per heavy atom. The summed E-state index contributed by atoms with van der Waals surface area (Å²) in [6, 6.07) is 6.81. The third kappa shape index (κ3) is 6.25. The molecule has 0 aromatic heterocycles.